The molecule has 7 heteroatoms. The molecule has 2 fully saturated rings. The highest BCUT2D eigenvalue weighted by Crippen LogP contribution is 2.28. The Morgan fingerprint density at radius 1 is 1.10 bits per heavy atom. The van der Waals surface area contributed by atoms with E-state index in [4.69, 9.17) is 9.47 Å². The maximum Gasteiger partial charge on any atom is 0.249 e. The SMILES string of the molecule is COc1cc(/C=C2\CCCN(CC3C=c4ccc(N5CCOCC5)cc4=CC3)C2=O)ccc1-n1cnc(C)c1. The van der Waals surface area contributed by atoms with Crippen LogP contribution in [0.3, 0.4) is 0 Å². The minimum absolute atomic E-state index is 0.149. The summed E-state index contributed by atoms with van der Waals surface area (Å²) in [5.41, 5.74) is 4.99. The highest BCUT2D eigenvalue weighted by Gasteiger charge is 2.25. The molecule has 2 aliphatic heterocycles. The van der Waals surface area contributed by atoms with Crippen molar-refractivity contribution in [3.05, 3.63) is 76.2 Å². The third-order valence-electron chi connectivity index (χ3n) is 7.93. The average molecular weight is 525 g/mol. The van der Waals surface area contributed by atoms with Crippen LogP contribution < -0.4 is 20.1 Å². The largest absolute Gasteiger partial charge is 0.495 e. The van der Waals surface area contributed by atoms with Crippen LogP contribution in [0.4, 0.5) is 5.69 Å². The first-order valence-electron chi connectivity index (χ1n) is 13.9. The number of methoxy groups -OCH3 is 1. The predicted molar refractivity (Wildman–Crippen MR) is 154 cm³/mol. The van der Waals surface area contributed by atoms with Crippen LogP contribution in [-0.4, -0.2) is 66.9 Å². The zero-order valence-corrected chi connectivity index (χ0v) is 22.8. The van der Waals surface area contributed by atoms with Gasteiger partial charge < -0.3 is 23.8 Å². The molecule has 1 unspecified atom stereocenters. The van der Waals surface area contributed by atoms with E-state index in [0.29, 0.717) is 5.92 Å². The second-order valence-corrected chi connectivity index (χ2v) is 10.7. The minimum Gasteiger partial charge on any atom is -0.495 e. The van der Waals surface area contributed by atoms with Crippen molar-refractivity contribution in [3.63, 3.8) is 0 Å². The number of benzene rings is 2. The van der Waals surface area contributed by atoms with Crippen LogP contribution in [-0.2, 0) is 9.53 Å². The second kappa shape index (κ2) is 11.1. The van der Waals surface area contributed by atoms with Gasteiger partial charge in [0.25, 0.3) is 0 Å². The van der Waals surface area contributed by atoms with E-state index in [0.717, 1.165) is 86.9 Å². The van der Waals surface area contributed by atoms with Gasteiger partial charge in [0.2, 0.25) is 5.91 Å². The van der Waals surface area contributed by atoms with Gasteiger partial charge in [0.1, 0.15) is 5.75 Å². The molecule has 6 rings (SSSR count). The number of nitrogens with zero attached hydrogens (tertiary/aromatic N) is 4. The molecule has 0 radical (unpaired) electrons. The lowest BCUT2D eigenvalue weighted by Gasteiger charge is -2.31. The summed E-state index contributed by atoms with van der Waals surface area (Å²) in [6, 6.07) is 12.8. The number of amides is 1. The Hall–Kier alpha value is -3.84. The molecule has 3 heterocycles. The molecule has 7 nitrogen and oxygen atoms in total. The number of carbonyl (C=O) groups is 1. The predicted octanol–water partition coefficient (Wildman–Crippen LogP) is 3.31. The van der Waals surface area contributed by atoms with Crippen LogP contribution in [0.15, 0.2) is 54.5 Å². The fraction of sp³-hybridized carbons (Fsp3) is 0.375. The summed E-state index contributed by atoms with van der Waals surface area (Å²) in [4.78, 5) is 22.2. The molecule has 0 saturated carbocycles. The molecular weight excluding hydrogens is 488 g/mol. The van der Waals surface area contributed by atoms with Crippen molar-refractivity contribution >= 4 is 29.8 Å². The van der Waals surface area contributed by atoms with E-state index >= 15 is 0 Å². The van der Waals surface area contributed by atoms with Gasteiger partial charge in [-0.2, -0.15) is 0 Å². The summed E-state index contributed by atoms with van der Waals surface area (Å²) in [6.07, 6.45) is 13.2. The topological polar surface area (TPSA) is 59.8 Å². The van der Waals surface area contributed by atoms with E-state index in [1.54, 1.807) is 13.4 Å². The van der Waals surface area contributed by atoms with Crippen molar-refractivity contribution in [1.82, 2.24) is 14.5 Å². The molecule has 202 valence electrons. The van der Waals surface area contributed by atoms with Crippen molar-refractivity contribution in [2.24, 2.45) is 5.92 Å². The molecule has 2 aromatic carbocycles. The molecular formula is C32H36N4O3. The smallest absolute Gasteiger partial charge is 0.249 e. The number of likely N-dealkylation sites (tertiary alicyclic amines) is 1. The zero-order chi connectivity index (χ0) is 26.8. The van der Waals surface area contributed by atoms with Gasteiger partial charge in [0.15, 0.2) is 0 Å². The molecule has 1 aromatic heterocycles. The van der Waals surface area contributed by atoms with E-state index in [1.807, 2.05) is 46.9 Å². The summed E-state index contributed by atoms with van der Waals surface area (Å²) in [6.45, 7) is 7.00. The van der Waals surface area contributed by atoms with Crippen molar-refractivity contribution in [1.29, 1.82) is 0 Å². The van der Waals surface area contributed by atoms with Crippen LogP contribution in [0.25, 0.3) is 23.9 Å². The minimum atomic E-state index is 0.149. The Bertz CT molecular complexity index is 1520. The lowest BCUT2D eigenvalue weighted by molar-refractivity contribution is -0.128. The summed E-state index contributed by atoms with van der Waals surface area (Å²) in [5.74, 6) is 1.23. The summed E-state index contributed by atoms with van der Waals surface area (Å²) >= 11 is 0. The molecule has 39 heavy (non-hydrogen) atoms. The number of hydrogen-bond donors (Lipinski definition) is 0. The number of morpholine rings is 1. The fourth-order valence-corrected chi connectivity index (χ4v) is 5.85. The lowest BCUT2D eigenvalue weighted by atomic mass is 9.94. The monoisotopic (exact) mass is 524 g/mol. The number of ether oxygens (including phenoxy) is 2. The standard InChI is InChI=1S/C32H36N4O3/c1-23-20-36(22-33-23)30-10-6-24(18-31(30)38-2)16-28-4-3-11-35(32(28)37)21-25-5-7-27-19-29(9-8-26(27)17-25)34-12-14-39-15-13-34/h6-10,16-20,22,25H,3-5,11-15,21H2,1-2H3/b28-16+. The van der Waals surface area contributed by atoms with E-state index < -0.39 is 0 Å². The van der Waals surface area contributed by atoms with Crippen LogP contribution in [0.1, 0.15) is 30.5 Å². The highest BCUT2D eigenvalue weighted by atomic mass is 16.5. The number of aromatic nitrogens is 2. The number of rotatable bonds is 6. The Morgan fingerprint density at radius 3 is 2.77 bits per heavy atom. The molecule has 1 atom stereocenters. The van der Waals surface area contributed by atoms with Crippen molar-refractivity contribution < 1.29 is 14.3 Å². The van der Waals surface area contributed by atoms with E-state index in [-0.39, 0.29) is 5.91 Å². The first-order valence-corrected chi connectivity index (χ1v) is 13.9. The molecule has 2 saturated heterocycles. The highest BCUT2D eigenvalue weighted by molar-refractivity contribution is 5.98. The maximum atomic E-state index is 13.5. The van der Waals surface area contributed by atoms with Gasteiger partial charge in [-0.3, -0.25) is 4.79 Å². The van der Waals surface area contributed by atoms with Crippen LogP contribution >= 0.6 is 0 Å². The summed E-state index contributed by atoms with van der Waals surface area (Å²) < 4.78 is 13.1. The summed E-state index contributed by atoms with van der Waals surface area (Å²) in [7, 11) is 1.67. The Kier molecular flexibility index (Phi) is 7.24. The van der Waals surface area contributed by atoms with E-state index in [2.05, 4.69) is 40.2 Å². The molecule has 1 aliphatic carbocycles. The first-order chi connectivity index (χ1) is 19.1. The number of aryl methyl sites for hydroxylation is 1. The second-order valence-electron chi connectivity index (χ2n) is 10.7. The van der Waals surface area contributed by atoms with Gasteiger partial charge in [-0.15, -0.1) is 0 Å². The normalized spacial score (nSPS) is 20.4. The fourth-order valence-electron chi connectivity index (χ4n) is 5.85. The Labute approximate surface area is 229 Å². The van der Waals surface area contributed by atoms with Gasteiger partial charge >= 0.3 is 0 Å². The number of fused-ring (bicyclic) bond motifs is 1. The van der Waals surface area contributed by atoms with Gasteiger partial charge in [-0.25, -0.2) is 4.98 Å². The average Bonchev–Trinajstić information content (AvgIpc) is 3.41. The maximum absolute atomic E-state index is 13.5. The van der Waals surface area contributed by atoms with E-state index in [9.17, 15) is 4.79 Å². The number of imidazole rings is 1. The number of anilines is 1. The van der Waals surface area contributed by atoms with E-state index in [1.165, 1.54) is 16.1 Å². The first kappa shape index (κ1) is 25.4. The number of piperidine rings is 1. The molecule has 1 amide bonds. The van der Waals surface area contributed by atoms with Gasteiger partial charge in [0, 0.05) is 43.6 Å². The van der Waals surface area contributed by atoms with Gasteiger partial charge in [-0.05, 0) is 78.4 Å². The number of hydrogen-bond acceptors (Lipinski definition) is 5. The third kappa shape index (κ3) is 5.50. The molecule has 0 bridgehead atoms. The Morgan fingerprint density at radius 2 is 1.97 bits per heavy atom. The molecule has 0 N–H and O–H groups in total. The van der Waals surface area contributed by atoms with Gasteiger partial charge in [0.05, 0.1) is 38.0 Å². The van der Waals surface area contributed by atoms with Gasteiger partial charge in [-0.1, -0.05) is 24.3 Å². The van der Waals surface area contributed by atoms with Crippen LogP contribution in [0, 0.1) is 12.8 Å². The van der Waals surface area contributed by atoms with Crippen LogP contribution in [0.5, 0.6) is 5.75 Å². The van der Waals surface area contributed by atoms with Crippen molar-refractivity contribution in [2.45, 2.75) is 26.2 Å². The van der Waals surface area contributed by atoms with Crippen molar-refractivity contribution in [3.8, 4) is 11.4 Å². The van der Waals surface area contributed by atoms with Crippen LogP contribution in [0.2, 0.25) is 0 Å². The lowest BCUT2D eigenvalue weighted by Crippen LogP contribution is -2.41. The zero-order valence-electron chi connectivity index (χ0n) is 22.8. The third-order valence-corrected chi connectivity index (χ3v) is 7.93. The molecule has 0 spiro atoms. The Balaban J connectivity index is 1.16. The quantitative estimate of drug-likeness (QED) is 0.463. The van der Waals surface area contributed by atoms with Crippen molar-refractivity contribution in [2.75, 3.05) is 51.4 Å². The molecule has 3 aromatic rings. The number of carbonyl (C=O) groups excluding carboxylic acids is 1. The molecule has 3 aliphatic rings. The summed E-state index contributed by atoms with van der Waals surface area (Å²) in [5, 5.41) is 2.56.